The van der Waals surface area contributed by atoms with E-state index in [1.165, 1.54) is 13.2 Å². The van der Waals surface area contributed by atoms with E-state index in [-0.39, 0.29) is 17.2 Å². The number of halogens is 4. The smallest absolute Gasteiger partial charge is 0.294 e. The number of thioether (sulfide) groups is 1. The molecule has 3 aromatic carbocycles. The zero-order valence-corrected chi connectivity index (χ0v) is 23.3. The van der Waals surface area contributed by atoms with Gasteiger partial charge < -0.3 is 14.8 Å². The van der Waals surface area contributed by atoms with Crippen molar-refractivity contribution in [3.8, 4) is 11.5 Å². The molecule has 0 bridgehead atoms. The average molecular weight is 671 g/mol. The Bertz CT molecular complexity index is 1470. The van der Waals surface area contributed by atoms with E-state index >= 15 is 0 Å². The summed E-state index contributed by atoms with van der Waals surface area (Å²) in [5.74, 6) is -2.37. The predicted molar refractivity (Wildman–Crippen MR) is 149 cm³/mol. The highest BCUT2D eigenvalue weighted by Gasteiger charge is 2.36. The number of methoxy groups -OCH3 is 1. The number of carbonyl (C=O) groups is 3. The lowest BCUT2D eigenvalue weighted by atomic mass is 10.1. The van der Waals surface area contributed by atoms with E-state index in [0.29, 0.717) is 43.5 Å². The van der Waals surface area contributed by atoms with Crippen LogP contribution in [0.25, 0.3) is 6.08 Å². The highest BCUT2D eigenvalue weighted by molar-refractivity contribution is 14.1. The average Bonchev–Trinajstić information content (AvgIpc) is 3.13. The third-order valence-electron chi connectivity index (χ3n) is 5.26. The maximum absolute atomic E-state index is 13.8. The number of hydrogen-bond acceptors (Lipinski definition) is 6. The van der Waals surface area contributed by atoms with Crippen LogP contribution in [0.15, 0.2) is 59.5 Å². The van der Waals surface area contributed by atoms with Crippen LogP contribution in [0.4, 0.5) is 19.3 Å². The van der Waals surface area contributed by atoms with Crippen molar-refractivity contribution in [1.82, 2.24) is 4.90 Å². The molecule has 0 saturated carbocycles. The third-order valence-corrected chi connectivity index (χ3v) is 7.34. The molecule has 1 N–H and O–H groups in total. The Hall–Kier alpha value is -3.16. The summed E-state index contributed by atoms with van der Waals surface area (Å²) in [5.41, 5.74) is 1.10. The van der Waals surface area contributed by atoms with E-state index in [9.17, 15) is 23.2 Å². The van der Waals surface area contributed by atoms with Crippen LogP contribution in [-0.4, -0.2) is 35.6 Å². The largest absolute Gasteiger partial charge is 0.493 e. The van der Waals surface area contributed by atoms with Crippen LogP contribution >= 0.6 is 46.0 Å². The maximum atomic E-state index is 13.8. The minimum Gasteiger partial charge on any atom is -0.493 e. The lowest BCUT2D eigenvalue weighted by molar-refractivity contribution is -0.127. The van der Waals surface area contributed by atoms with Crippen LogP contribution < -0.4 is 14.8 Å². The van der Waals surface area contributed by atoms with E-state index in [4.69, 9.17) is 21.1 Å². The molecular weight excluding hydrogens is 653 g/mol. The van der Waals surface area contributed by atoms with Crippen LogP contribution in [-0.2, 0) is 16.2 Å². The molecule has 196 valence electrons. The van der Waals surface area contributed by atoms with Crippen molar-refractivity contribution in [3.05, 3.63) is 90.9 Å². The number of amides is 3. The lowest BCUT2D eigenvalue weighted by Gasteiger charge is -2.14. The second kappa shape index (κ2) is 12.1. The quantitative estimate of drug-likeness (QED) is 0.218. The second-order valence-electron chi connectivity index (χ2n) is 7.85. The number of hydrogen-bond donors (Lipinski definition) is 1. The Morgan fingerprint density at radius 1 is 1.16 bits per heavy atom. The number of anilines is 1. The van der Waals surface area contributed by atoms with Crippen molar-refractivity contribution in [2.75, 3.05) is 19.0 Å². The highest BCUT2D eigenvalue weighted by atomic mass is 127. The van der Waals surface area contributed by atoms with E-state index in [1.54, 1.807) is 18.2 Å². The molecule has 1 fully saturated rings. The van der Waals surface area contributed by atoms with Crippen LogP contribution in [0.2, 0.25) is 5.02 Å². The molecule has 3 aromatic rings. The van der Waals surface area contributed by atoms with Crippen LogP contribution in [0, 0.1) is 15.2 Å². The molecule has 12 heteroatoms. The van der Waals surface area contributed by atoms with Crippen molar-refractivity contribution in [3.63, 3.8) is 0 Å². The third kappa shape index (κ3) is 6.45. The molecule has 0 radical (unpaired) electrons. The fourth-order valence-corrected chi connectivity index (χ4v) is 5.25. The Morgan fingerprint density at radius 2 is 1.92 bits per heavy atom. The van der Waals surface area contributed by atoms with Gasteiger partial charge in [0, 0.05) is 16.7 Å². The van der Waals surface area contributed by atoms with Gasteiger partial charge in [0.1, 0.15) is 24.8 Å². The fourth-order valence-electron chi connectivity index (χ4n) is 3.44. The predicted octanol–water partition coefficient (Wildman–Crippen LogP) is 6.49. The van der Waals surface area contributed by atoms with Gasteiger partial charge in [-0.15, -0.1) is 0 Å². The van der Waals surface area contributed by atoms with Crippen LogP contribution in [0.1, 0.15) is 11.1 Å². The SMILES string of the molecule is COc1cc(/C=C2/SC(=O)N(CC(=O)Nc3ccc(F)cc3F)C2=O)cc(I)c1OCc1ccccc1Cl. The van der Waals surface area contributed by atoms with E-state index in [2.05, 4.69) is 27.9 Å². The molecule has 0 atom stereocenters. The van der Waals surface area contributed by atoms with Crippen LogP contribution in [0.5, 0.6) is 11.5 Å². The van der Waals surface area contributed by atoms with Gasteiger partial charge in [-0.3, -0.25) is 19.3 Å². The molecule has 1 aliphatic rings. The van der Waals surface area contributed by atoms with Gasteiger partial charge in [0.15, 0.2) is 11.5 Å². The molecule has 3 amide bonds. The summed E-state index contributed by atoms with van der Waals surface area (Å²) in [6, 6.07) is 13.3. The molecule has 4 rings (SSSR count). The first-order chi connectivity index (χ1) is 18.2. The molecule has 1 heterocycles. The minimum absolute atomic E-state index is 0.0957. The van der Waals surface area contributed by atoms with Gasteiger partial charge >= 0.3 is 0 Å². The number of benzene rings is 3. The molecule has 38 heavy (non-hydrogen) atoms. The summed E-state index contributed by atoms with van der Waals surface area (Å²) in [6.07, 6.45) is 1.50. The van der Waals surface area contributed by atoms with Crippen molar-refractivity contribution >= 4 is 74.8 Å². The van der Waals surface area contributed by atoms with Crippen molar-refractivity contribution in [2.45, 2.75) is 6.61 Å². The first kappa shape index (κ1) is 27.9. The molecule has 1 saturated heterocycles. The number of carbonyl (C=O) groups excluding carboxylic acids is 3. The van der Waals surface area contributed by atoms with Gasteiger partial charge in [0.2, 0.25) is 5.91 Å². The standard InChI is InChI=1S/C26H18ClF2IN2O5S/c1-36-21-9-14(8-19(30)24(21)37-13-15-4-2-3-5-17(15)27)10-22-25(34)32(26(35)38-22)12-23(33)31-20-7-6-16(28)11-18(20)29/h2-11H,12-13H2,1H3,(H,31,33)/b22-10+. The minimum atomic E-state index is -0.977. The summed E-state index contributed by atoms with van der Waals surface area (Å²) in [5, 5.41) is 2.15. The van der Waals surface area contributed by atoms with Crippen molar-refractivity contribution in [2.24, 2.45) is 0 Å². The number of ether oxygens (including phenoxy) is 2. The number of rotatable bonds is 8. The van der Waals surface area contributed by atoms with Crippen molar-refractivity contribution < 1.29 is 32.6 Å². The first-order valence-corrected chi connectivity index (χ1v) is 13.2. The summed E-state index contributed by atoms with van der Waals surface area (Å²) in [4.78, 5) is 38.5. The van der Waals surface area contributed by atoms with Crippen molar-refractivity contribution in [1.29, 1.82) is 0 Å². The highest BCUT2D eigenvalue weighted by Crippen LogP contribution is 2.38. The molecular formula is C26H18ClF2IN2O5S. The molecule has 1 aliphatic heterocycles. The van der Waals surface area contributed by atoms with Gasteiger partial charge in [-0.1, -0.05) is 29.8 Å². The maximum Gasteiger partial charge on any atom is 0.294 e. The Kier molecular flexibility index (Phi) is 8.90. The number of nitrogens with one attached hydrogen (secondary N) is 1. The summed E-state index contributed by atoms with van der Waals surface area (Å²) in [7, 11) is 1.48. The van der Waals surface area contributed by atoms with Crippen LogP contribution in [0.3, 0.4) is 0 Å². The first-order valence-electron chi connectivity index (χ1n) is 10.9. The van der Waals surface area contributed by atoms with E-state index in [1.807, 2.05) is 18.2 Å². The molecule has 0 unspecified atom stereocenters. The fraction of sp³-hybridized carbons (Fsp3) is 0.115. The van der Waals surface area contributed by atoms with Gasteiger partial charge in [-0.2, -0.15) is 0 Å². The summed E-state index contributed by atoms with van der Waals surface area (Å²) >= 11 is 8.95. The van der Waals surface area contributed by atoms with E-state index < -0.39 is 35.2 Å². The normalized spacial score (nSPS) is 14.2. The van der Waals surface area contributed by atoms with Gasteiger partial charge in [0.05, 0.1) is 21.3 Å². The number of imide groups is 1. The zero-order valence-electron chi connectivity index (χ0n) is 19.6. The topological polar surface area (TPSA) is 84.9 Å². The Balaban J connectivity index is 1.48. The Morgan fingerprint density at radius 3 is 2.63 bits per heavy atom. The lowest BCUT2D eigenvalue weighted by Crippen LogP contribution is -2.36. The summed E-state index contributed by atoms with van der Waals surface area (Å²) < 4.78 is 39.0. The Labute approximate surface area is 239 Å². The summed E-state index contributed by atoms with van der Waals surface area (Å²) in [6.45, 7) is -0.414. The van der Waals surface area contributed by atoms with Gasteiger partial charge in [-0.25, -0.2) is 8.78 Å². The monoisotopic (exact) mass is 670 g/mol. The van der Waals surface area contributed by atoms with Gasteiger partial charge in [0.25, 0.3) is 11.1 Å². The zero-order chi connectivity index (χ0) is 27.4. The molecule has 7 nitrogen and oxygen atoms in total. The molecule has 0 spiro atoms. The second-order valence-corrected chi connectivity index (χ2v) is 10.4. The molecule has 0 aliphatic carbocycles. The van der Waals surface area contributed by atoms with E-state index in [0.717, 1.165) is 22.6 Å². The number of nitrogens with zero attached hydrogens (tertiary/aromatic N) is 1. The molecule has 0 aromatic heterocycles. The van der Waals surface area contributed by atoms with Gasteiger partial charge in [-0.05, 0) is 76.3 Å².